The summed E-state index contributed by atoms with van der Waals surface area (Å²) in [6.07, 6.45) is 0. The van der Waals surface area contributed by atoms with Gasteiger partial charge in [-0.25, -0.2) is 0 Å². The monoisotopic (exact) mass is 197 g/mol. The number of rotatable bonds is 3. The van der Waals surface area contributed by atoms with Crippen molar-refractivity contribution in [2.45, 2.75) is 13.5 Å². The Kier molecular flexibility index (Phi) is 3.28. The average molecular weight is 197 g/mol. The molecule has 0 aliphatic heterocycles. The first-order valence-corrected chi connectivity index (χ1v) is 4.07. The van der Waals surface area contributed by atoms with Gasteiger partial charge in [0.25, 0.3) is 5.91 Å². The Labute approximate surface area is 81.0 Å². The van der Waals surface area contributed by atoms with E-state index in [-0.39, 0.29) is 24.2 Å². The number of hydrogen-bond donors (Lipinski definition) is 1. The molecule has 0 bridgehead atoms. The lowest BCUT2D eigenvalue weighted by Crippen LogP contribution is -2.16. The van der Waals surface area contributed by atoms with Crippen molar-refractivity contribution < 1.29 is 18.7 Å². The molecule has 14 heavy (non-hydrogen) atoms. The molecule has 0 aliphatic carbocycles. The van der Waals surface area contributed by atoms with Gasteiger partial charge in [-0.05, 0) is 12.1 Å². The van der Waals surface area contributed by atoms with Crippen LogP contribution in [0.2, 0.25) is 0 Å². The van der Waals surface area contributed by atoms with Crippen LogP contribution in [0.15, 0.2) is 16.5 Å². The quantitative estimate of drug-likeness (QED) is 0.724. The second-order valence-electron chi connectivity index (χ2n) is 2.63. The summed E-state index contributed by atoms with van der Waals surface area (Å²) in [5.41, 5.74) is 0. The van der Waals surface area contributed by atoms with Crippen molar-refractivity contribution in [3.05, 3.63) is 23.7 Å². The lowest BCUT2D eigenvalue weighted by molar-refractivity contribution is -0.142. The van der Waals surface area contributed by atoms with Gasteiger partial charge < -0.3 is 14.5 Å². The van der Waals surface area contributed by atoms with Crippen LogP contribution in [0.5, 0.6) is 0 Å². The second kappa shape index (κ2) is 4.45. The first-order valence-electron chi connectivity index (χ1n) is 4.07. The average Bonchev–Trinajstić information content (AvgIpc) is 2.62. The Morgan fingerprint density at radius 1 is 1.50 bits per heavy atom. The molecule has 0 saturated heterocycles. The van der Waals surface area contributed by atoms with Gasteiger partial charge in [0, 0.05) is 14.0 Å². The molecule has 1 amide bonds. The smallest absolute Gasteiger partial charge is 0.303 e. The zero-order chi connectivity index (χ0) is 10.6. The van der Waals surface area contributed by atoms with Gasteiger partial charge in [0.1, 0.15) is 12.4 Å². The van der Waals surface area contributed by atoms with E-state index >= 15 is 0 Å². The minimum atomic E-state index is -0.386. The number of esters is 1. The number of carbonyl (C=O) groups excluding carboxylic acids is 2. The van der Waals surface area contributed by atoms with E-state index in [1.807, 2.05) is 0 Å². The van der Waals surface area contributed by atoms with Crippen molar-refractivity contribution in [2.24, 2.45) is 0 Å². The number of carbonyl (C=O) groups is 2. The molecule has 1 N–H and O–H groups in total. The van der Waals surface area contributed by atoms with E-state index in [0.29, 0.717) is 5.76 Å². The number of hydrogen-bond acceptors (Lipinski definition) is 4. The minimum Gasteiger partial charge on any atom is -0.458 e. The standard InChI is InChI=1S/C9H11NO4/c1-6(11)13-5-7-3-4-8(14-7)9(12)10-2/h3-4H,5H2,1-2H3,(H,10,12). The predicted molar refractivity (Wildman–Crippen MR) is 47.6 cm³/mol. The summed E-state index contributed by atoms with van der Waals surface area (Å²) in [6.45, 7) is 1.36. The highest BCUT2D eigenvalue weighted by Gasteiger charge is 2.09. The number of nitrogens with one attached hydrogen (secondary N) is 1. The van der Waals surface area contributed by atoms with Gasteiger partial charge >= 0.3 is 5.97 Å². The summed E-state index contributed by atoms with van der Waals surface area (Å²) in [5, 5.41) is 2.42. The van der Waals surface area contributed by atoms with Crippen LogP contribution in [-0.2, 0) is 16.1 Å². The Balaban J connectivity index is 2.59. The third-order valence-electron chi connectivity index (χ3n) is 1.53. The van der Waals surface area contributed by atoms with Gasteiger partial charge in [0.05, 0.1) is 0 Å². The molecule has 0 unspecified atom stereocenters. The zero-order valence-electron chi connectivity index (χ0n) is 7.99. The number of furan rings is 1. The fourth-order valence-corrected chi connectivity index (χ4v) is 0.873. The predicted octanol–water partition coefficient (Wildman–Crippen LogP) is 0.702. The number of ether oxygens (including phenoxy) is 1. The van der Waals surface area contributed by atoms with Crippen LogP contribution in [0.1, 0.15) is 23.2 Å². The molecule has 0 radical (unpaired) electrons. The van der Waals surface area contributed by atoms with E-state index in [4.69, 9.17) is 9.15 Å². The summed E-state index contributed by atoms with van der Waals surface area (Å²) >= 11 is 0. The van der Waals surface area contributed by atoms with Crippen LogP contribution in [0.25, 0.3) is 0 Å². The molecule has 0 aromatic carbocycles. The van der Waals surface area contributed by atoms with Gasteiger partial charge in [-0.15, -0.1) is 0 Å². The summed E-state index contributed by atoms with van der Waals surface area (Å²) in [5.74, 6) is -0.0459. The van der Waals surface area contributed by atoms with Crippen LogP contribution in [0.3, 0.4) is 0 Å². The molecule has 1 aromatic rings. The zero-order valence-corrected chi connectivity index (χ0v) is 7.99. The van der Waals surface area contributed by atoms with E-state index < -0.39 is 0 Å². The van der Waals surface area contributed by atoms with Gasteiger partial charge in [-0.1, -0.05) is 0 Å². The first-order chi connectivity index (χ1) is 6.63. The molecule has 1 aromatic heterocycles. The SMILES string of the molecule is CNC(=O)c1ccc(COC(C)=O)o1. The maximum atomic E-state index is 11.1. The molecule has 0 spiro atoms. The lowest BCUT2D eigenvalue weighted by Gasteiger charge is -1.97. The Morgan fingerprint density at radius 3 is 2.79 bits per heavy atom. The third kappa shape index (κ3) is 2.62. The van der Waals surface area contributed by atoms with Gasteiger partial charge in [-0.3, -0.25) is 9.59 Å². The normalized spacial score (nSPS) is 9.57. The van der Waals surface area contributed by atoms with Gasteiger partial charge in [0.2, 0.25) is 0 Å². The molecule has 1 heterocycles. The van der Waals surface area contributed by atoms with E-state index in [1.165, 1.54) is 20.0 Å². The molecule has 0 fully saturated rings. The van der Waals surface area contributed by atoms with Gasteiger partial charge in [-0.2, -0.15) is 0 Å². The van der Waals surface area contributed by atoms with Crippen LogP contribution in [-0.4, -0.2) is 18.9 Å². The van der Waals surface area contributed by atoms with Crippen molar-refractivity contribution in [1.82, 2.24) is 5.32 Å². The molecular formula is C9H11NO4. The fourth-order valence-electron chi connectivity index (χ4n) is 0.873. The van der Waals surface area contributed by atoms with Crippen molar-refractivity contribution in [3.63, 3.8) is 0 Å². The molecule has 0 saturated carbocycles. The molecule has 76 valence electrons. The van der Waals surface area contributed by atoms with Gasteiger partial charge in [0.15, 0.2) is 5.76 Å². The molecule has 0 atom stereocenters. The van der Waals surface area contributed by atoms with Crippen molar-refractivity contribution in [3.8, 4) is 0 Å². The lowest BCUT2D eigenvalue weighted by atomic mass is 10.4. The second-order valence-corrected chi connectivity index (χ2v) is 2.63. The van der Waals surface area contributed by atoms with Crippen LogP contribution in [0, 0.1) is 0 Å². The fraction of sp³-hybridized carbons (Fsp3) is 0.333. The molecule has 5 heteroatoms. The Bertz CT molecular complexity index is 342. The largest absolute Gasteiger partial charge is 0.458 e. The first kappa shape index (κ1) is 10.3. The van der Waals surface area contributed by atoms with E-state index in [0.717, 1.165) is 0 Å². The summed E-state index contributed by atoms with van der Waals surface area (Å²) in [4.78, 5) is 21.5. The van der Waals surface area contributed by atoms with Crippen LogP contribution >= 0.6 is 0 Å². The summed E-state index contributed by atoms with van der Waals surface area (Å²) in [7, 11) is 1.51. The maximum absolute atomic E-state index is 11.1. The molecular weight excluding hydrogens is 186 g/mol. The van der Waals surface area contributed by atoms with E-state index in [9.17, 15) is 9.59 Å². The van der Waals surface area contributed by atoms with Crippen LogP contribution in [0.4, 0.5) is 0 Å². The number of amides is 1. The highest BCUT2D eigenvalue weighted by Crippen LogP contribution is 2.08. The van der Waals surface area contributed by atoms with E-state index in [2.05, 4.69) is 5.32 Å². The Morgan fingerprint density at radius 2 is 2.21 bits per heavy atom. The maximum Gasteiger partial charge on any atom is 0.303 e. The topological polar surface area (TPSA) is 68.5 Å². The molecule has 1 rings (SSSR count). The van der Waals surface area contributed by atoms with Crippen molar-refractivity contribution >= 4 is 11.9 Å². The van der Waals surface area contributed by atoms with Crippen molar-refractivity contribution in [2.75, 3.05) is 7.05 Å². The summed E-state index contributed by atoms with van der Waals surface area (Å²) in [6, 6.07) is 3.12. The van der Waals surface area contributed by atoms with E-state index in [1.54, 1.807) is 6.07 Å². The third-order valence-corrected chi connectivity index (χ3v) is 1.53. The minimum absolute atomic E-state index is 0.0479. The van der Waals surface area contributed by atoms with Crippen molar-refractivity contribution in [1.29, 1.82) is 0 Å². The molecule has 5 nitrogen and oxygen atoms in total. The van der Waals surface area contributed by atoms with Crippen LogP contribution < -0.4 is 5.32 Å². The molecule has 0 aliphatic rings. The highest BCUT2D eigenvalue weighted by molar-refractivity contribution is 5.91. The summed E-state index contributed by atoms with van der Waals surface area (Å²) < 4.78 is 9.79. The Hall–Kier alpha value is -1.78. The highest BCUT2D eigenvalue weighted by atomic mass is 16.5.